The van der Waals surface area contributed by atoms with E-state index in [9.17, 15) is 16.8 Å². The third kappa shape index (κ3) is 5.94. The fourth-order valence-electron chi connectivity index (χ4n) is 1.34. The molecule has 0 saturated heterocycles. The predicted octanol–water partition coefficient (Wildman–Crippen LogP) is 1.00. The van der Waals surface area contributed by atoms with Crippen LogP contribution in [0.2, 0.25) is 0 Å². The van der Waals surface area contributed by atoms with Crippen LogP contribution >= 0.6 is 15.9 Å². The van der Waals surface area contributed by atoms with E-state index in [2.05, 4.69) is 20.7 Å². The third-order valence-electron chi connectivity index (χ3n) is 2.01. The summed E-state index contributed by atoms with van der Waals surface area (Å²) in [7, 11) is -7.36. The van der Waals surface area contributed by atoms with E-state index in [1.807, 2.05) is 18.2 Å². The van der Waals surface area contributed by atoms with Gasteiger partial charge < -0.3 is 0 Å². The van der Waals surface area contributed by atoms with Crippen LogP contribution in [0.1, 0.15) is 11.1 Å². The number of sulfonamides is 1. The van der Waals surface area contributed by atoms with Crippen LogP contribution in [0.25, 0.3) is 0 Å². The number of sulfone groups is 1. The van der Waals surface area contributed by atoms with E-state index < -0.39 is 24.9 Å². The molecule has 0 amide bonds. The van der Waals surface area contributed by atoms with Gasteiger partial charge in [-0.3, -0.25) is 0 Å². The van der Waals surface area contributed by atoms with Gasteiger partial charge in [-0.15, -0.1) is 0 Å². The fraction of sp³-hybridized carbons (Fsp3) is 0.400. The summed E-state index contributed by atoms with van der Waals surface area (Å²) in [5.41, 5.74) is 1.80. The molecule has 0 aromatic heterocycles. The summed E-state index contributed by atoms with van der Waals surface area (Å²) in [6.07, 6.45) is 0.887. The Balaban J connectivity index is 2.70. The molecule has 0 aliphatic heterocycles. The molecule has 8 heteroatoms. The molecule has 1 aromatic carbocycles. The van der Waals surface area contributed by atoms with Gasteiger partial charge in [0.2, 0.25) is 10.0 Å². The van der Waals surface area contributed by atoms with Crippen LogP contribution in [-0.2, 0) is 31.7 Å². The normalized spacial score (nSPS) is 12.6. The third-order valence-corrected chi connectivity index (χ3v) is 6.20. The van der Waals surface area contributed by atoms with Crippen molar-refractivity contribution in [3.63, 3.8) is 0 Å². The van der Waals surface area contributed by atoms with Crippen molar-refractivity contribution < 1.29 is 16.8 Å². The molecular weight excluding hydrogens is 342 g/mol. The molecule has 5 nitrogen and oxygen atoms in total. The summed E-state index contributed by atoms with van der Waals surface area (Å²) >= 11 is 3.30. The molecule has 102 valence electrons. The highest BCUT2D eigenvalue weighted by Crippen LogP contribution is 2.09. The van der Waals surface area contributed by atoms with Gasteiger partial charge in [0.1, 0.15) is 0 Å². The van der Waals surface area contributed by atoms with Gasteiger partial charge in [0.15, 0.2) is 14.9 Å². The Labute approximate surface area is 116 Å². The van der Waals surface area contributed by atoms with Crippen molar-refractivity contribution >= 4 is 35.8 Å². The van der Waals surface area contributed by atoms with E-state index in [1.165, 1.54) is 0 Å². The maximum atomic E-state index is 11.5. The molecule has 0 atom stereocenters. The zero-order valence-electron chi connectivity index (χ0n) is 9.76. The molecule has 1 N–H and O–H groups in total. The van der Waals surface area contributed by atoms with Gasteiger partial charge in [-0.05, 0) is 11.1 Å². The average molecular weight is 356 g/mol. The van der Waals surface area contributed by atoms with Crippen molar-refractivity contribution in [1.29, 1.82) is 0 Å². The summed E-state index contributed by atoms with van der Waals surface area (Å²) in [5, 5.41) is -0.213. The second-order valence-electron chi connectivity index (χ2n) is 3.93. The monoisotopic (exact) mass is 355 g/mol. The zero-order chi connectivity index (χ0) is 13.8. The molecule has 0 heterocycles. The van der Waals surface area contributed by atoms with Crippen LogP contribution in [0, 0.1) is 0 Å². The molecule has 0 aliphatic rings. The first-order chi connectivity index (χ1) is 8.22. The summed E-state index contributed by atoms with van der Waals surface area (Å²) in [5.74, 6) is 0. The molecule has 0 radical (unpaired) electrons. The lowest BCUT2D eigenvalue weighted by Crippen LogP contribution is -2.29. The zero-order valence-corrected chi connectivity index (χ0v) is 13.0. The van der Waals surface area contributed by atoms with Crippen molar-refractivity contribution in [3.05, 3.63) is 35.4 Å². The minimum atomic E-state index is -3.81. The van der Waals surface area contributed by atoms with Crippen molar-refractivity contribution in [2.45, 2.75) is 11.9 Å². The molecule has 18 heavy (non-hydrogen) atoms. The molecule has 0 unspecified atom stereocenters. The van der Waals surface area contributed by atoms with Crippen LogP contribution in [0.4, 0.5) is 0 Å². The average Bonchev–Trinajstić information content (AvgIpc) is 2.24. The number of hydrogen-bond acceptors (Lipinski definition) is 4. The Kier molecular flexibility index (Phi) is 5.32. The highest BCUT2D eigenvalue weighted by Gasteiger charge is 2.17. The first kappa shape index (κ1) is 15.6. The molecule has 0 fully saturated rings. The Bertz CT molecular complexity index is 611. The van der Waals surface area contributed by atoms with Gasteiger partial charge in [0.25, 0.3) is 0 Å². The van der Waals surface area contributed by atoms with Crippen LogP contribution in [0.5, 0.6) is 0 Å². The Morgan fingerprint density at radius 3 is 2.33 bits per heavy atom. The van der Waals surface area contributed by atoms with Gasteiger partial charge >= 0.3 is 0 Å². The van der Waals surface area contributed by atoms with Gasteiger partial charge in [0, 0.05) is 18.1 Å². The Morgan fingerprint density at radius 2 is 1.78 bits per heavy atom. The smallest absolute Gasteiger partial charge is 0.226 e. The minimum absolute atomic E-state index is 0.0820. The topological polar surface area (TPSA) is 80.3 Å². The van der Waals surface area contributed by atoms with Crippen molar-refractivity contribution in [1.82, 2.24) is 4.72 Å². The van der Waals surface area contributed by atoms with Crippen molar-refractivity contribution in [2.24, 2.45) is 0 Å². The molecule has 0 bridgehead atoms. The molecule has 1 rings (SSSR count). The van der Waals surface area contributed by atoms with E-state index >= 15 is 0 Å². The highest BCUT2D eigenvalue weighted by atomic mass is 79.9. The number of rotatable bonds is 6. The summed E-state index contributed by atoms with van der Waals surface area (Å²) in [4.78, 5) is 0. The van der Waals surface area contributed by atoms with Gasteiger partial charge in [-0.1, -0.05) is 40.2 Å². The van der Waals surface area contributed by atoms with E-state index in [-0.39, 0.29) is 6.54 Å². The van der Waals surface area contributed by atoms with E-state index in [0.717, 1.165) is 17.4 Å². The number of halogens is 1. The summed E-state index contributed by atoms with van der Waals surface area (Å²) in [6.45, 7) is 0.0820. The largest absolute Gasteiger partial charge is 0.228 e. The van der Waals surface area contributed by atoms with E-state index in [1.54, 1.807) is 6.07 Å². The van der Waals surface area contributed by atoms with E-state index in [0.29, 0.717) is 5.33 Å². The van der Waals surface area contributed by atoms with Crippen molar-refractivity contribution in [3.8, 4) is 0 Å². The predicted molar refractivity (Wildman–Crippen MR) is 74.5 cm³/mol. The van der Waals surface area contributed by atoms with Crippen LogP contribution in [-0.4, -0.2) is 28.2 Å². The lowest BCUT2D eigenvalue weighted by Gasteiger charge is -2.06. The number of hydrogen-bond donors (Lipinski definition) is 1. The van der Waals surface area contributed by atoms with Gasteiger partial charge in [-0.2, -0.15) is 0 Å². The quantitative estimate of drug-likeness (QED) is 0.772. The molecule has 0 saturated carbocycles. The fourth-order valence-corrected chi connectivity index (χ4v) is 4.66. The summed E-state index contributed by atoms with van der Waals surface area (Å²) < 4.78 is 47.1. The number of alkyl halides is 1. The lowest BCUT2D eigenvalue weighted by molar-refractivity contribution is 0.580. The second kappa shape index (κ2) is 6.14. The Morgan fingerprint density at radius 1 is 1.17 bits per heavy atom. The minimum Gasteiger partial charge on any atom is -0.228 e. The number of benzene rings is 1. The lowest BCUT2D eigenvalue weighted by atomic mass is 10.1. The molecular formula is C10H14BrNO4S2. The van der Waals surface area contributed by atoms with Gasteiger partial charge in [0.05, 0.1) is 0 Å². The maximum absolute atomic E-state index is 11.5. The maximum Gasteiger partial charge on any atom is 0.226 e. The number of nitrogens with one attached hydrogen (secondary N) is 1. The van der Waals surface area contributed by atoms with Crippen molar-refractivity contribution in [2.75, 3.05) is 11.3 Å². The molecule has 0 spiro atoms. The molecule has 0 aliphatic carbocycles. The molecule has 1 aromatic rings. The second-order valence-corrected chi connectivity index (χ2v) is 8.81. The first-order valence-electron chi connectivity index (χ1n) is 5.01. The summed E-state index contributed by atoms with van der Waals surface area (Å²) in [6, 6.07) is 7.34. The first-order valence-corrected chi connectivity index (χ1v) is 9.84. The highest BCUT2D eigenvalue weighted by molar-refractivity contribution is 9.08. The van der Waals surface area contributed by atoms with Crippen LogP contribution < -0.4 is 4.72 Å². The van der Waals surface area contributed by atoms with Gasteiger partial charge in [-0.25, -0.2) is 21.6 Å². The SMILES string of the molecule is CS(=O)(=O)CS(=O)(=O)NCc1cccc(CBr)c1. The Hall–Kier alpha value is -0.440. The van der Waals surface area contributed by atoms with Crippen LogP contribution in [0.3, 0.4) is 0 Å². The van der Waals surface area contributed by atoms with E-state index in [4.69, 9.17) is 0 Å². The van der Waals surface area contributed by atoms with Crippen LogP contribution in [0.15, 0.2) is 24.3 Å². The standard InChI is InChI=1S/C10H14BrNO4S2/c1-17(13,14)8-18(15,16)12-7-10-4-2-3-9(5-10)6-11/h2-5,12H,6-8H2,1H3.